The molecule has 2 fully saturated rings. The van der Waals surface area contributed by atoms with Crippen molar-refractivity contribution in [1.82, 2.24) is 10.6 Å². The van der Waals surface area contributed by atoms with Gasteiger partial charge in [0.1, 0.15) is 6.10 Å². The van der Waals surface area contributed by atoms with Crippen LogP contribution in [0.25, 0.3) is 0 Å². The summed E-state index contributed by atoms with van der Waals surface area (Å²) in [6, 6.07) is 7.68. The summed E-state index contributed by atoms with van der Waals surface area (Å²) in [7, 11) is 0. The van der Waals surface area contributed by atoms with Crippen molar-refractivity contribution in [3.05, 3.63) is 29.8 Å². The molecule has 1 aromatic carbocycles. The molecule has 2 N–H and O–H groups in total. The van der Waals surface area contributed by atoms with Gasteiger partial charge in [0, 0.05) is 31.7 Å². The van der Waals surface area contributed by atoms with Gasteiger partial charge in [-0.25, -0.2) is 0 Å². The van der Waals surface area contributed by atoms with Crippen LogP contribution in [-0.2, 0) is 14.3 Å². The third kappa shape index (κ3) is 4.26. The molecule has 0 aliphatic carbocycles. The van der Waals surface area contributed by atoms with Crippen LogP contribution in [-0.4, -0.2) is 44.2 Å². The predicted molar refractivity (Wildman–Crippen MR) is 94.4 cm³/mol. The minimum absolute atomic E-state index is 0. The highest BCUT2D eigenvalue weighted by atomic mass is 35.5. The van der Waals surface area contributed by atoms with Crippen LogP contribution in [0.4, 0.5) is 5.69 Å². The lowest BCUT2D eigenvalue weighted by atomic mass is 10.1. The van der Waals surface area contributed by atoms with Crippen LogP contribution in [0.15, 0.2) is 24.3 Å². The highest BCUT2D eigenvalue weighted by Crippen LogP contribution is 2.24. The summed E-state index contributed by atoms with van der Waals surface area (Å²) in [5.74, 6) is 0.0628. The number of amides is 2. The minimum Gasteiger partial charge on any atom is -0.366 e. The summed E-state index contributed by atoms with van der Waals surface area (Å²) in [6.07, 6.45) is 1.08. The lowest BCUT2D eigenvalue weighted by Gasteiger charge is -2.25. The molecule has 0 radical (unpaired) electrons. The molecule has 0 saturated carbocycles. The smallest absolute Gasteiger partial charge is 0.250 e. The van der Waals surface area contributed by atoms with Crippen molar-refractivity contribution in [2.75, 3.05) is 31.1 Å². The first-order valence-electron chi connectivity index (χ1n) is 8.18. The van der Waals surface area contributed by atoms with E-state index in [1.165, 1.54) is 0 Å². The first-order valence-corrected chi connectivity index (χ1v) is 8.18. The van der Waals surface area contributed by atoms with E-state index in [0.717, 1.165) is 30.8 Å². The third-order valence-electron chi connectivity index (χ3n) is 4.33. The number of carbonyl (C=O) groups is 2. The zero-order chi connectivity index (χ0) is 16.2. The molecule has 2 aliphatic heterocycles. The van der Waals surface area contributed by atoms with Crippen molar-refractivity contribution < 1.29 is 14.3 Å². The van der Waals surface area contributed by atoms with E-state index >= 15 is 0 Å². The van der Waals surface area contributed by atoms with Gasteiger partial charge < -0.3 is 20.3 Å². The van der Waals surface area contributed by atoms with Gasteiger partial charge in [-0.1, -0.05) is 12.1 Å². The van der Waals surface area contributed by atoms with Gasteiger partial charge in [-0.15, -0.1) is 12.4 Å². The zero-order valence-corrected chi connectivity index (χ0v) is 14.6. The normalized spacial score (nSPS) is 22.0. The van der Waals surface area contributed by atoms with Crippen LogP contribution in [0.1, 0.15) is 31.4 Å². The van der Waals surface area contributed by atoms with Crippen LogP contribution in [0.3, 0.4) is 0 Å². The Kier molecular flexibility index (Phi) is 6.60. The Morgan fingerprint density at radius 2 is 2.29 bits per heavy atom. The zero-order valence-electron chi connectivity index (χ0n) is 13.8. The predicted octanol–water partition coefficient (Wildman–Crippen LogP) is 1.40. The number of halogens is 1. The molecule has 7 heteroatoms. The molecule has 2 aliphatic rings. The maximum atomic E-state index is 12.2. The van der Waals surface area contributed by atoms with Gasteiger partial charge in [0.25, 0.3) is 5.91 Å². The lowest BCUT2D eigenvalue weighted by Crippen LogP contribution is -2.48. The average Bonchev–Trinajstić information content (AvgIpc) is 3.02. The molecule has 1 aromatic rings. The maximum absolute atomic E-state index is 12.2. The molecule has 6 nitrogen and oxygen atoms in total. The summed E-state index contributed by atoms with van der Waals surface area (Å²) in [5, 5.41) is 6.14. The molecule has 2 saturated heterocycles. The van der Waals surface area contributed by atoms with Crippen LogP contribution < -0.4 is 15.5 Å². The van der Waals surface area contributed by atoms with Crippen LogP contribution in [0, 0.1) is 0 Å². The number of hydrogen-bond donors (Lipinski definition) is 2. The molecule has 2 atom stereocenters. The quantitative estimate of drug-likeness (QED) is 0.858. The molecule has 0 spiro atoms. The van der Waals surface area contributed by atoms with Gasteiger partial charge in [0.05, 0.1) is 12.6 Å². The second-order valence-electron chi connectivity index (χ2n) is 6.04. The van der Waals surface area contributed by atoms with E-state index in [1.807, 2.05) is 36.1 Å². The molecular formula is C17H24ClN3O3. The molecule has 3 rings (SSSR count). The van der Waals surface area contributed by atoms with Crippen molar-refractivity contribution in [3.8, 4) is 0 Å². The van der Waals surface area contributed by atoms with Crippen molar-refractivity contribution in [1.29, 1.82) is 0 Å². The fourth-order valence-electron chi connectivity index (χ4n) is 3.01. The summed E-state index contributed by atoms with van der Waals surface area (Å²) >= 11 is 0. The number of hydrogen-bond acceptors (Lipinski definition) is 4. The van der Waals surface area contributed by atoms with Crippen molar-refractivity contribution in [2.45, 2.75) is 31.9 Å². The molecule has 132 valence electrons. The Bertz CT molecular complexity index is 590. The Balaban J connectivity index is 0.00000208. The third-order valence-corrected chi connectivity index (χ3v) is 4.33. The lowest BCUT2D eigenvalue weighted by molar-refractivity contribution is -0.134. The molecule has 24 heavy (non-hydrogen) atoms. The molecule has 0 bridgehead atoms. The van der Waals surface area contributed by atoms with E-state index in [-0.39, 0.29) is 30.3 Å². The number of nitrogens with one attached hydrogen (secondary N) is 2. The van der Waals surface area contributed by atoms with Gasteiger partial charge in [0.15, 0.2) is 0 Å². The van der Waals surface area contributed by atoms with Gasteiger partial charge in [-0.05, 0) is 31.0 Å². The number of morpholine rings is 1. The largest absolute Gasteiger partial charge is 0.366 e. The Hall–Kier alpha value is -1.63. The minimum atomic E-state index is -0.436. The fourth-order valence-corrected chi connectivity index (χ4v) is 3.01. The molecule has 0 aromatic heterocycles. The van der Waals surface area contributed by atoms with Gasteiger partial charge in [-0.2, -0.15) is 0 Å². The first-order chi connectivity index (χ1) is 11.1. The highest BCUT2D eigenvalue weighted by Gasteiger charge is 2.24. The Labute approximate surface area is 148 Å². The molecule has 2 amide bonds. The van der Waals surface area contributed by atoms with E-state index in [9.17, 15) is 9.59 Å². The number of rotatable bonds is 4. The molecule has 2 unspecified atom stereocenters. The standard InChI is InChI=1S/C17H23N3O3.ClH/c1-12(19-17(22)15-11-18-7-9-23-15)13-4-2-5-14(10-13)20-8-3-6-16(20)21;/h2,4-5,10,12,15,18H,3,6-9,11H2,1H3,(H,19,22);1H. The molecular weight excluding hydrogens is 330 g/mol. The van der Waals surface area contributed by atoms with Crippen LogP contribution in [0.5, 0.6) is 0 Å². The van der Waals surface area contributed by atoms with Crippen LogP contribution in [0.2, 0.25) is 0 Å². The Morgan fingerprint density at radius 1 is 1.46 bits per heavy atom. The highest BCUT2D eigenvalue weighted by molar-refractivity contribution is 5.95. The van der Waals surface area contributed by atoms with E-state index in [0.29, 0.717) is 19.6 Å². The van der Waals surface area contributed by atoms with Crippen LogP contribution >= 0.6 is 12.4 Å². The second-order valence-corrected chi connectivity index (χ2v) is 6.04. The number of carbonyl (C=O) groups excluding carboxylic acids is 2. The van der Waals surface area contributed by atoms with E-state index in [1.54, 1.807) is 0 Å². The number of benzene rings is 1. The summed E-state index contributed by atoms with van der Waals surface area (Å²) < 4.78 is 5.47. The first kappa shape index (κ1) is 18.7. The van der Waals surface area contributed by atoms with E-state index < -0.39 is 6.10 Å². The van der Waals surface area contributed by atoms with Crippen molar-refractivity contribution >= 4 is 29.9 Å². The van der Waals surface area contributed by atoms with Gasteiger partial charge in [0.2, 0.25) is 5.91 Å². The van der Waals surface area contributed by atoms with Gasteiger partial charge in [-0.3, -0.25) is 9.59 Å². The van der Waals surface area contributed by atoms with E-state index in [2.05, 4.69) is 10.6 Å². The summed E-state index contributed by atoms with van der Waals surface area (Å²) in [5.41, 5.74) is 1.89. The van der Waals surface area contributed by atoms with E-state index in [4.69, 9.17) is 4.74 Å². The average molecular weight is 354 g/mol. The van der Waals surface area contributed by atoms with Crippen molar-refractivity contribution in [3.63, 3.8) is 0 Å². The SMILES string of the molecule is CC(NC(=O)C1CNCCO1)c1cccc(N2CCCC2=O)c1.Cl. The fraction of sp³-hybridized carbons (Fsp3) is 0.529. The number of ether oxygens (including phenoxy) is 1. The Morgan fingerprint density at radius 3 is 2.96 bits per heavy atom. The molecule has 2 heterocycles. The maximum Gasteiger partial charge on any atom is 0.250 e. The summed E-state index contributed by atoms with van der Waals surface area (Å²) in [4.78, 5) is 25.9. The second kappa shape index (κ2) is 8.46. The van der Waals surface area contributed by atoms with Crippen molar-refractivity contribution in [2.24, 2.45) is 0 Å². The topological polar surface area (TPSA) is 70.7 Å². The van der Waals surface area contributed by atoms with Gasteiger partial charge >= 0.3 is 0 Å². The number of nitrogens with zero attached hydrogens (tertiary/aromatic N) is 1. The number of anilines is 1. The monoisotopic (exact) mass is 353 g/mol. The summed E-state index contributed by atoms with van der Waals surface area (Å²) in [6.45, 7) is 4.59.